The maximum atomic E-state index is 5.51. The van der Waals surface area contributed by atoms with Crippen molar-refractivity contribution in [3.63, 3.8) is 0 Å². The number of hydrogen-bond acceptors (Lipinski definition) is 3. The number of aromatic nitrogens is 1. The van der Waals surface area contributed by atoms with Gasteiger partial charge in [0.2, 0.25) is 0 Å². The Morgan fingerprint density at radius 1 is 1.64 bits per heavy atom. The first kappa shape index (κ1) is 9.55. The number of nitrogens with zero attached hydrogens (tertiary/aromatic N) is 1. The molecule has 1 aliphatic rings. The molecule has 0 amide bonds. The molecule has 0 spiro atoms. The van der Waals surface area contributed by atoms with Gasteiger partial charge in [-0.25, -0.2) is 0 Å². The van der Waals surface area contributed by atoms with Gasteiger partial charge in [-0.3, -0.25) is 0 Å². The molecule has 0 bridgehead atoms. The summed E-state index contributed by atoms with van der Waals surface area (Å²) < 4.78 is 5.51. The zero-order valence-corrected chi connectivity index (χ0v) is 8.49. The molecule has 1 unspecified atom stereocenters. The summed E-state index contributed by atoms with van der Waals surface area (Å²) in [5.74, 6) is 0. The third-order valence-corrected chi connectivity index (χ3v) is 2.44. The zero-order valence-electron chi connectivity index (χ0n) is 8.49. The number of nitrogens with one attached hydrogen (secondary N) is 2. The Bertz CT molecular complexity index is 260. The van der Waals surface area contributed by atoms with Crippen molar-refractivity contribution in [3.05, 3.63) is 18.5 Å². The van der Waals surface area contributed by atoms with Crippen molar-refractivity contribution in [2.45, 2.75) is 6.04 Å². The van der Waals surface area contributed by atoms with Gasteiger partial charge in [-0.05, 0) is 13.1 Å². The highest BCUT2D eigenvalue weighted by Gasteiger charge is 2.15. The molecule has 2 rings (SSSR count). The van der Waals surface area contributed by atoms with E-state index in [1.165, 1.54) is 0 Å². The molecule has 0 aromatic carbocycles. The SMILES string of the molecule is CN1CCOCC(Nc2cc[nH]c2)C1. The van der Waals surface area contributed by atoms with Crippen molar-refractivity contribution in [3.8, 4) is 0 Å². The van der Waals surface area contributed by atoms with Crippen molar-refractivity contribution in [2.75, 3.05) is 38.7 Å². The average molecular weight is 195 g/mol. The van der Waals surface area contributed by atoms with E-state index in [0.29, 0.717) is 6.04 Å². The standard InChI is InChI=1S/C10H17N3O/c1-13-4-5-14-8-10(7-13)12-9-2-3-11-6-9/h2-3,6,10-12H,4-5,7-8H2,1H3. The molecular formula is C10H17N3O. The molecule has 0 aliphatic carbocycles. The first-order valence-corrected chi connectivity index (χ1v) is 5.00. The smallest absolute Gasteiger partial charge is 0.0681 e. The molecule has 2 heterocycles. The van der Waals surface area contributed by atoms with E-state index in [9.17, 15) is 0 Å². The second kappa shape index (κ2) is 4.48. The fraction of sp³-hybridized carbons (Fsp3) is 0.600. The average Bonchev–Trinajstić information content (AvgIpc) is 2.56. The second-order valence-corrected chi connectivity index (χ2v) is 3.78. The molecule has 78 valence electrons. The van der Waals surface area contributed by atoms with Crippen molar-refractivity contribution in [1.82, 2.24) is 9.88 Å². The molecule has 14 heavy (non-hydrogen) atoms. The van der Waals surface area contributed by atoms with Crippen LogP contribution in [0.2, 0.25) is 0 Å². The molecule has 1 fully saturated rings. The van der Waals surface area contributed by atoms with Crippen LogP contribution in [0.25, 0.3) is 0 Å². The third kappa shape index (κ3) is 2.49. The molecule has 1 saturated heterocycles. The van der Waals surface area contributed by atoms with E-state index in [2.05, 4.69) is 22.2 Å². The minimum atomic E-state index is 0.387. The van der Waals surface area contributed by atoms with Crippen LogP contribution in [0, 0.1) is 0 Å². The highest BCUT2D eigenvalue weighted by atomic mass is 16.5. The molecule has 4 nitrogen and oxygen atoms in total. The van der Waals surface area contributed by atoms with E-state index < -0.39 is 0 Å². The lowest BCUT2D eigenvalue weighted by Gasteiger charge is -2.20. The van der Waals surface area contributed by atoms with Crippen LogP contribution in [0.5, 0.6) is 0 Å². The van der Waals surface area contributed by atoms with Crippen molar-refractivity contribution in [2.24, 2.45) is 0 Å². The van der Waals surface area contributed by atoms with Crippen LogP contribution in [0.1, 0.15) is 0 Å². The Labute approximate surface area is 84.2 Å². The van der Waals surface area contributed by atoms with Crippen LogP contribution in [-0.2, 0) is 4.74 Å². The number of aromatic amines is 1. The van der Waals surface area contributed by atoms with Crippen LogP contribution < -0.4 is 5.32 Å². The first-order chi connectivity index (χ1) is 6.84. The number of likely N-dealkylation sites (N-methyl/N-ethyl adjacent to an activating group) is 1. The summed E-state index contributed by atoms with van der Waals surface area (Å²) in [6.45, 7) is 3.67. The molecule has 1 atom stereocenters. The van der Waals surface area contributed by atoms with E-state index in [4.69, 9.17) is 4.74 Å². The van der Waals surface area contributed by atoms with E-state index in [1.54, 1.807) is 0 Å². The predicted molar refractivity (Wildman–Crippen MR) is 56.5 cm³/mol. The maximum absolute atomic E-state index is 5.51. The topological polar surface area (TPSA) is 40.3 Å². The molecule has 2 N–H and O–H groups in total. The number of hydrogen-bond donors (Lipinski definition) is 2. The van der Waals surface area contributed by atoms with Crippen molar-refractivity contribution in [1.29, 1.82) is 0 Å². The Morgan fingerprint density at radius 3 is 3.36 bits per heavy atom. The lowest BCUT2D eigenvalue weighted by molar-refractivity contribution is 0.140. The van der Waals surface area contributed by atoms with Crippen LogP contribution in [0.3, 0.4) is 0 Å². The highest BCUT2D eigenvalue weighted by Crippen LogP contribution is 2.08. The molecule has 0 radical (unpaired) electrons. The molecular weight excluding hydrogens is 178 g/mol. The fourth-order valence-electron chi connectivity index (χ4n) is 1.70. The van der Waals surface area contributed by atoms with Gasteiger partial charge in [0.25, 0.3) is 0 Å². The second-order valence-electron chi connectivity index (χ2n) is 3.78. The Morgan fingerprint density at radius 2 is 2.57 bits per heavy atom. The van der Waals surface area contributed by atoms with Crippen LogP contribution in [0.4, 0.5) is 5.69 Å². The minimum Gasteiger partial charge on any atom is -0.378 e. The van der Waals surface area contributed by atoms with E-state index in [0.717, 1.165) is 32.0 Å². The molecule has 0 saturated carbocycles. The number of rotatable bonds is 2. The number of anilines is 1. The van der Waals surface area contributed by atoms with Crippen LogP contribution in [-0.4, -0.2) is 49.3 Å². The maximum Gasteiger partial charge on any atom is 0.0681 e. The van der Waals surface area contributed by atoms with Gasteiger partial charge in [0.1, 0.15) is 0 Å². The van der Waals surface area contributed by atoms with E-state index >= 15 is 0 Å². The predicted octanol–water partition coefficient (Wildman–Crippen LogP) is 0.757. The largest absolute Gasteiger partial charge is 0.378 e. The van der Waals surface area contributed by atoms with Crippen LogP contribution in [0.15, 0.2) is 18.5 Å². The lowest BCUT2D eigenvalue weighted by atomic mass is 10.3. The fourth-order valence-corrected chi connectivity index (χ4v) is 1.70. The minimum absolute atomic E-state index is 0.387. The van der Waals surface area contributed by atoms with Crippen molar-refractivity contribution < 1.29 is 4.74 Å². The van der Waals surface area contributed by atoms with Gasteiger partial charge in [0.15, 0.2) is 0 Å². The monoisotopic (exact) mass is 195 g/mol. The van der Waals surface area contributed by atoms with E-state index in [-0.39, 0.29) is 0 Å². The summed E-state index contributed by atoms with van der Waals surface area (Å²) in [5, 5.41) is 3.43. The summed E-state index contributed by atoms with van der Waals surface area (Å²) >= 11 is 0. The summed E-state index contributed by atoms with van der Waals surface area (Å²) in [6, 6.07) is 2.42. The van der Waals surface area contributed by atoms with Gasteiger partial charge in [0.05, 0.1) is 24.9 Å². The molecule has 1 aromatic heterocycles. The first-order valence-electron chi connectivity index (χ1n) is 5.00. The van der Waals surface area contributed by atoms with E-state index in [1.807, 2.05) is 18.5 Å². The Balaban J connectivity index is 1.90. The summed E-state index contributed by atoms with van der Waals surface area (Å²) in [7, 11) is 2.13. The van der Waals surface area contributed by atoms with Crippen molar-refractivity contribution >= 4 is 5.69 Å². The van der Waals surface area contributed by atoms with Crippen LogP contribution >= 0.6 is 0 Å². The summed E-state index contributed by atoms with van der Waals surface area (Å²) in [6.07, 6.45) is 3.88. The van der Waals surface area contributed by atoms with Gasteiger partial charge >= 0.3 is 0 Å². The molecule has 1 aromatic rings. The zero-order chi connectivity index (χ0) is 9.80. The quantitative estimate of drug-likeness (QED) is 0.732. The Hall–Kier alpha value is -1.00. The molecule has 1 aliphatic heterocycles. The summed E-state index contributed by atoms with van der Waals surface area (Å²) in [4.78, 5) is 5.32. The normalized spacial score (nSPS) is 24.5. The van der Waals surface area contributed by atoms with Gasteiger partial charge < -0.3 is 19.9 Å². The number of ether oxygens (including phenoxy) is 1. The van der Waals surface area contributed by atoms with Gasteiger partial charge in [0, 0.05) is 25.5 Å². The Kier molecular flexibility index (Phi) is 3.06. The molecule has 4 heteroatoms. The summed E-state index contributed by atoms with van der Waals surface area (Å²) in [5.41, 5.74) is 1.13. The third-order valence-electron chi connectivity index (χ3n) is 2.44. The van der Waals surface area contributed by atoms with Gasteiger partial charge in [-0.2, -0.15) is 0 Å². The highest BCUT2D eigenvalue weighted by molar-refractivity contribution is 5.41. The lowest BCUT2D eigenvalue weighted by Crippen LogP contribution is -2.34. The number of H-pyrrole nitrogens is 1. The van der Waals surface area contributed by atoms with Gasteiger partial charge in [-0.1, -0.05) is 0 Å². The van der Waals surface area contributed by atoms with Gasteiger partial charge in [-0.15, -0.1) is 0 Å².